The number of benzene rings is 1. The molecule has 0 bridgehead atoms. The third kappa shape index (κ3) is 3.45. The molecule has 0 aliphatic carbocycles. The number of carbonyl (C=O) groups is 2. The van der Waals surface area contributed by atoms with E-state index in [0.717, 1.165) is 6.54 Å². The summed E-state index contributed by atoms with van der Waals surface area (Å²) in [5.41, 5.74) is 0.0818. The van der Waals surface area contributed by atoms with Gasteiger partial charge in [0.15, 0.2) is 5.78 Å². The predicted octanol–water partition coefficient (Wildman–Crippen LogP) is 2.59. The Labute approximate surface area is 131 Å². The lowest BCUT2D eigenvalue weighted by Gasteiger charge is -2.39. The van der Waals surface area contributed by atoms with Gasteiger partial charge < -0.3 is 4.74 Å². The molecule has 4 nitrogen and oxygen atoms in total. The Morgan fingerprint density at radius 1 is 1.41 bits per heavy atom. The molecular weight excluding hydrogens is 278 g/mol. The minimum Gasteiger partial charge on any atom is -0.465 e. The first-order chi connectivity index (χ1) is 10.6. The lowest BCUT2D eigenvalue weighted by molar-refractivity contribution is -0.164. The molecule has 0 radical (unpaired) electrons. The number of rotatable bonds is 6. The number of carbonyl (C=O) groups excluding carboxylic acids is 2. The van der Waals surface area contributed by atoms with Gasteiger partial charge >= 0.3 is 5.97 Å². The molecule has 0 aromatic heterocycles. The molecule has 0 saturated carbocycles. The van der Waals surface area contributed by atoms with Crippen LogP contribution in [0, 0.1) is 5.41 Å². The van der Waals surface area contributed by atoms with E-state index in [2.05, 4.69) is 23.6 Å². The van der Waals surface area contributed by atoms with Gasteiger partial charge in [-0.25, -0.2) is 0 Å². The summed E-state index contributed by atoms with van der Waals surface area (Å²) in [4.78, 5) is 27.0. The minimum atomic E-state index is -1.09. The van der Waals surface area contributed by atoms with Crippen molar-refractivity contribution in [3.8, 4) is 0 Å². The van der Waals surface area contributed by atoms with Crippen molar-refractivity contribution >= 4 is 11.8 Å². The number of esters is 1. The standard InChI is InChI=1S/C18H23NO3/c1-3-11-18(17(21)22-4-2)14-19(12-10-16(18)20)13-15-8-6-5-7-9-15/h3,5-9H,1,4,10-14H2,2H3. The number of hydrogen-bond acceptors (Lipinski definition) is 4. The van der Waals surface area contributed by atoms with E-state index in [1.54, 1.807) is 13.0 Å². The second-order valence-corrected chi connectivity index (χ2v) is 5.66. The Morgan fingerprint density at radius 3 is 2.77 bits per heavy atom. The second-order valence-electron chi connectivity index (χ2n) is 5.66. The van der Waals surface area contributed by atoms with Crippen LogP contribution in [-0.2, 0) is 20.9 Å². The highest BCUT2D eigenvalue weighted by Gasteiger charge is 2.49. The van der Waals surface area contributed by atoms with E-state index >= 15 is 0 Å². The van der Waals surface area contributed by atoms with Crippen LogP contribution in [0.4, 0.5) is 0 Å². The van der Waals surface area contributed by atoms with Crippen molar-refractivity contribution in [2.45, 2.75) is 26.3 Å². The third-order valence-corrected chi connectivity index (χ3v) is 4.09. The first kappa shape index (κ1) is 16.4. The first-order valence-electron chi connectivity index (χ1n) is 7.70. The van der Waals surface area contributed by atoms with Crippen molar-refractivity contribution in [3.05, 3.63) is 48.6 Å². The van der Waals surface area contributed by atoms with Crippen molar-refractivity contribution in [1.29, 1.82) is 0 Å². The molecule has 1 fully saturated rings. The summed E-state index contributed by atoms with van der Waals surface area (Å²) in [5, 5.41) is 0. The maximum Gasteiger partial charge on any atom is 0.321 e. The predicted molar refractivity (Wildman–Crippen MR) is 85.2 cm³/mol. The van der Waals surface area contributed by atoms with Gasteiger partial charge in [0.2, 0.25) is 0 Å². The molecule has 1 aliphatic heterocycles. The number of nitrogens with zero attached hydrogens (tertiary/aromatic N) is 1. The second kappa shape index (κ2) is 7.36. The molecule has 0 spiro atoms. The molecule has 1 aromatic rings. The van der Waals surface area contributed by atoms with Gasteiger partial charge in [0, 0.05) is 26.1 Å². The zero-order chi connectivity index (χ0) is 16.0. The van der Waals surface area contributed by atoms with Gasteiger partial charge in [0.25, 0.3) is 0 Å². The lowest BCUT2D eigenvalue weighted by Crippen LogP contribution is -2.53. The van der Waals surface area contributed by atoms with E-state index in [0.29, 0.717) is 25.9 Å². The molecule has 1 heterocycles. The van der Waals surface area contributed by atoms with Crippen LogP contribution in [0.5, 0.6) is 0 Å². The van der Waals surface area contributed by atoms with E-state index < -0.39 is 11.4 Å². The molecule has 0 amide bonds. The van der Waals surface area contributed by atoms with Crippen molar-refractivity contribution in [3.63, 3.8) is 0 Å². The molecule has 0 N–H and O–H groups in total. The number of Topliss-reactive ketones (excluding diaryl/α,β-unsaturated/α-hetero) is 1. The molecule has 2 rings (SSSR count). The number of hydrogen-bond donors (Lipinski definition) is 0. The Morgan fingerprint density at radius 2 is 2.14 bits per heavy atom. The van der Waals surface area contributed by atoms with Crippen LogP contribution in [0.1, 0.15) is 25.3 Å². The fraction of sp³-hybridized carbons (Fsp3) is 0.444. The number of ketones is 1. The molecule has 118 valence electrons. The maximum atomic E-state index is 12.4. The molecule has 1 unspecified atom stereocenters. The molecule has 4 heteroatoms. The van der Waals surface area contributed by atoms with E-state index in [1.807, 2.05) is 18.2 Å². The monoisotopic (exact) mass is 301 g/mol. The highest BCUT2D eigenvalue weighted by atomic mass is 16.5. The summed E-state index contributed by atoms with van der Waals surface area (Å²) in [6.45, 7) is 7.54. The summed E-state index contributed by atoms with van der Waals surface area (Å²) < 4.78 is 5.17. The van der Waals surface area contributed by atoms with E-state index in [1.165, 1.54) is 5.56 Å². The number of piperidine rings is 1. The smallest absolute Gasteiger partial charge is 0.321 e. The van der Waals surface area contributed by atoms with Gasteiger partial charge in [-0.2, -0.15) is 0 Å². The van der Waals surface area contributed by atoms with E-state index in [-0.39, 0.29) is 12.4 Å². The highest BCUT2D eigenvalue weighted by molar-refractivity contribution is 6.05. The van der Waals surface area contributed by atoms with Crippen LogP contribution >= 0.6 is 0 Å². The summed E-state index contributed by atoms with van der Waals surface area (Å²) >= 11 is 0. The Hall–Kier alpha value is -1.94. The molecular formula is C18H23NO3. The molecule has 1 aliphatic rings. The van der Waals surface area contributed by atoms with Gasteiger partial charge in [-0.3, -0.25) is 14.5 Å². The quantitative estimate of drug-likeness (QED) is 0.460. The average Bonchev–Trinajstić information content (AvgIpc) is 2.52. The summed E-state index contributed by atoms with van der Waals surface area (Å²) in [7, 11) is 0. The van der Waals surface area contributed by atoms with Gasteiger partial charge in [-0.15, -0.1) is 6.58 Å². The summed E-state index contributed by atoms with van der Waals surface area (Å²) in [6.07, 6.45) is 2.34. The fourth-order valence-electron chi connectivity index (χ4n) is 2.98. The van der Waals surface area contributed by atoms with Crippen LogP contribution in [0.2, 0.25) is 0 Å². The summed E-state index contributed by atoms with van der Waals surface area (Å²) in [6, 6.07) is 10.1. The van der Waals surface area contributed by atoms with Crippen LogP contribution in [0.25, 0.3) is 0 Å². The molecule has 22 heavy (non-hydrogen) atoms. The minimum absolute atomic E-state index is 0.0323. The highest BCUT2D eigenvalue weighted by Crippen LogP contribution is 2.33. The topological polar surface area (TPSA) is 46.6 Å². The average molecular weight is 301 g/mol. The zero-order valence-corrected chi connectivity index (χ0v) is 13.1. The SMILES string of the molecule is C=CCC1(C(=O)OCC)CN(Cc2ccccc2)CCC1=O. The third-order valence-electron chi connectivity index (χ3n) is 4.09. The van der Waals surface area contributed by atoms with Crippen LogP contribution in [-0.4, -0.2) is 36.3 Å². The number of ether oxygens (including phenoxy) is 1. The lowest BCUT2D eigenvalue weighted by atomic mass is 9.75. The van der Waals surface area contributed by atoms with Crippen LogP contribution in [0.15, 0.2) is 43.0 Å². The van der Waals surface area contributed by atoms with Crippen molar-refractivity contribution in [2.24, 2.45) is 5.41 Å². The van der Waals surface area contributed by atoms with E-state index in [4.69, 9.17) is 4.74 Å². The largest absolute Gasteiger partial charge is 0.465 e. The van der Waals surface area contributed by atoms with Gasteiger partial charge in [-0.05, 0) is 18.9 Å². The Kier molecular flexibility index (Phi) is 5.50. The number of likely N-dealkylation sites (tertiary alicyclic amines) is 1. The van der Waals surface area contributed by atoms with Crippen LogP contribution < -0.4 is 0 Å². The number of allylic oxidation sites excluding steroid dienone is 1. The molecule has 1 saturated heterocycles. The normalized spacial score (nSPS) is 22.3. The first-order valence-corrected chi connectivity index (χ1v) is 7.70. The molecule has 1 aromatic carbocycles. The van der Waals surface area contributed by atoms with Gasteiger partial charge in [0.05, 0.1) is 6.61 Å². The Bertz CT molecular complexity index is 541. The van der Waals surface area contributed by atoms with Crippen molar-refractivity contribution in [2.75, 3.05) is 19.7 Å². The maximum absolute atomic E-state index is 12.4. The Balaban J connectivity index is 2.18. The van der Waals surface area contributed by atoms with Gasteiger partial charge in [0.1, 0.15) is 5.41 Å². The summed E-state index contributed by atoms with van der Waals surface area (Å²) in [5.74, 6) is -0.451. The van der Waals surface area contributed by atoms with E-state index in [9.17, 15) is 9.59 Å². The zero-order valence-electron chi connectivity index (χ0n) is 13.1. The van der Waals surface area contributed by atoms with Crippen LogP contribution in [0.3, 0.4) is 0 Å². The van der Waals surface area contributed by atoms with Crippen molar-refractivity contribution < 1.29 is 14.3 Å². The fourth-order valence-corrected chi connectivity index (χ4v) is 2.98. The van der Waals surface area contributed by atoms with Gasteiger partial charge in [-0.1, -0.05) is 36.4 Å². The van der Waals surface area contributed by atoms with Crippen molar-refractivity contribution in [1.82, 2.24) is 4.90 Å². The molecule has 1 atom stereocenters.